The second kappa shape index (κ2) is 7.57. The summed E-state index contributed by atoms with van der Waals surface area (Å²) in [6, 6.07) is 0. The Kier molecular flexibility index (Phi) is 6.09. The predicted molar refractivity (Wildman–Crippen MR) is 61.1 cm³/mol. The van der Waals surface area contributed by atoms with Crippen LogP contribution in [0.1, 0.15) is 32.1 Å². The molecule has 1 aliphatic rings. The Morgan fingerprint density at radius 2 is 1.43 bits per heavy atom. The monoisotopic (exact) mass is 192 g/mol. The summed E-state index contributed by atoms with van der Waals surface area (Å²) in [5, 5.41) is 9.10. The minimum Gasteiger partial charge on any atom is -0.396 e. The molecule has 1 nitrogen and oxygen atoms in total. The second-order valence-corrected chi connectivity index (χ2v) is 3.70. The fraction of sp³-hybridized carbons (Fsp3) is 0.538. The molecule has 1 unspecified atom stereocenters. The molecule has 1 atom stereocenters. The maximum absolute atomic E-state index is 9.10. The largest absolute Gasteiger partial charge is 0.396 e. The third kappa shape index (κ3) is 5.03. The van der Waals surface area contributed by atoms with Crippen LogP contribution in [0.5, 0.6) is 0 Å². The summed E-state index contributed by atoms with van der Waals surface area (Å²) in [4.78, 5) is 0. The molecule has 1 heteroatoms. The topological polar surface area (TPSA) is 20.2 Å². The highest BCUT2D eigenvalue weighted by Gasteiger charge is 1.99. The molecule has 0 radical (unpaired) electrons. The molecule has 1 rings (SSSR count). The van der Waals surface area contributed by atoms with Gasteiger partial charge in [-0.2, -0.15) is 0 Å². The van der Waals surface area contributed by atoms with Crippen LogP contribution >= 0.6 is 0 Å². The molecule has 0 fully saturated rings. The molecule has 0 saturated heterocycles. The van der Waals surface area contributed by atoms with Gasteiger partial charge in [0.2, 0.25) is 0 Å². The number of hydrogen-bond donors (Lipinski definition) is 1. The van der Waals surface area contributed by atoms with Crippen molar-refractivity contribution in [1.29, 1.82) is 0 Å². The van der Waals surface area contributed by atoms with Crippen LogP contribution in [0.4, 0.5) is 0 Å². The Labute approximate surface area is 86.8 Å². The van der Waals surface area contributed by atoms with Crippen molar-refractivity contribution in [2.75, 3.05) is 6.61 Å². The third-order valence-corrected chi connectivity index (χ3v) is 2.41. The molecule has 0 spiro atoms. The van der Waals surface area contributed by atoms with Gasteiger partial charge in [0.05, 0.1) is 0 Å². The average molecular weight is 192 g/mol. The fourth-order valence-corrected chi connectivity index (χ4v) is 1.51. The summed E-state index contributed by atoms with van der Waals surface area (Å²) in [5.41, 5.74) is 0. The van der Waals surface area contributed by atoms with Crippen LogP contribution in [0.3, 0.4) is 0 Å². The SMILES string of the molecule is OCC1C=CCCC=CCCC=CC1. The number of rotatable bonds is 1. The van der Waals surface area contributed by atoms with Gasteiger partial charge in [-0.15, -0.1) is 0 Å². The van der Waals surface area contributed by atoms with Gasteiger partial charge < -0.3 is 5.11 Å². The van der Waals surface area contributed by atoms with Crippen molar-refractivity contribution in [1.82, 2.24) is 0 Å². The van der Waals surface area contributed by atoms with E-state index in [0.717, 1.165) is 32.1 Å². The first-order chi connectivity index (χ1) is 6.93. The van der Waals surface area contributed by atoms with Crippen molar-refractivity contribution in [2.24, 2.45) is 5.92 Å². The maximum atomic E-state index is 9.10. The zero-order chi connectivity index (χ0) is 10.1. The number of aliphatic hydroxyl groups is 1. The van der Waals surface area contributed by atoms with Crippen molar-refractivity contribution < 1.29 is 5.11 Å². The minimum atomic E-state index is 0.261. The highest BCUT2D eigenvalue weighted by atomic mass is 16.3. The zero-order valence-corrected chi connectivity index (χ0v) is 8.73. The van der Waals surface area contributed by atoms with E-state index in [4.69, 9.17) is 5.11 Å². The number of hydrogen-bond acceptors (Lipinski definition) is 1. The van der Waals surface area contributed by atoms with Gasteiger partial charge in [-0.1, -0.05) is 36.5 Å². The van der Waals surface area contributed by atoms with Crippen LogP contribution < -0.4 is 0 Å². The molecule has 1 aliphatic carbocycles. The first-order valence-corrected chi connectivity index (χ1v) is 5.51. The molecule has 0 aliphatic heterocycles. The fourth-order valence-electron chi connectivity index (χ4n) is 1.51. The predicted octanol–water partition coefficient (Wildman–Crippen LogP) is 3.23. The Hall–Kier alpha value is -0.820. The average Bonchev–Trinajstić information content (AvgIpc) is 2.19. The second-order valence-electron chi connectivity index (χ2n) is 3.70. The minimum absolute atomic E-state index is 0.261. The van der Waals surface area contributed by atoms with Gasteiger partial charge in [-0.25, -0.2) is 0 Å². The molecule has 14 heavy (non-hydrogen) atoms. The summed E-state index contributed by atoms with van der Waals surface area (Å²) < 4.78 is 0. The molecular weight excluding hydrogens is 172 g/mol. The van der Waals surface area contributed by atoms with Crippen molar-refractivity contribution in [3.05, 3.63) is 36.5 Å². The summed E-state index contributed by atoms with van der Waals surface area (Å²) in [5.74, 6) is 0.314. The van der Waals surface area contributed by atoms with Gasteiger partial charge in [0.25, 0.3) is 0 Å². The Bertz CT molecular complexity index is 213. The zero-order valence-electron chi connectivity index (χ0n) is 8.73. The Morgan fingerprint density at radius 3 is 2.07 bits per heavy atom. The van der Waals surface area contributed by atoms with E-state index in [2.05, 4.69) is 36.5 Å². The van der Waals surface area contributed by atoms with E-state index in [1.807, 2.05) is 0 Å². The van der Waals surface area contributed by atoms with Gasteiger partial charge in [-0.05, 0) is 32.1 Å². The van der Waals surface area contributed by atoms with Crippen LogP contribution in [0.2, 0.25) is 0 Å². The molecule has 0 amide bonds. The van der Waals surface area contributed by atoms with E-state index in [1.54, 1.807) is 0 Å². The molecule has 0 aromatic rings. The van der Waals surface area contributed by atoms with Crippen LogP contribution in [0.15, 0.2) is 36.5 Å². The maximum Gasteiger partial charge on any atom is 0.0496 e. The Balaban J connectivity index is 2.46. The van der Waals surface area contributed by atoms with Crippen molar-refractivity contribution in [3.8, 4) is 0 Å². The first kappa shape index (κ1) is 11.3. The van der Waals surface area contributed by atoms with Crippen LogP contribution in [-0.4, -0.2) is 11.7 Å². The lowest BCUT2D eigenvalue weighted by Crippen LogP contribution is -2.00. The molecule has 78 valence electrons. The lowest BCUT2D eigenvalue weighted by molar-refractivity contribution is 0.253. The van der Waals surface area contributed by atoms with E-state index >= 15 is 0 Å². The van der Waals surface area contributed by atoms with E-state index in [9.17, 15) is 0 Å². The van der Waals surface area contributed by atoms with Gasteiger partial charge in [0.15, 0.2) is 0 Å². The number of allylic oxidation sites excluding steroid dienone is 5. The van der Waals surface area contributed by atoms with Crippen LogP contribution in [0.25, 0.3) is 0 Å². The highest BCUT2D eigenvalue weighted by Crippen LogP contribution is 2.09. The normalized spacial score (nSPS) is 24.2. The molecule has 1 N–H and O–H groups in total. The van der Waals surface area contributed by atoms with Crippen molar-refractivity contribution >= 4 is 0 Å². The lowest BCUT2D eigenvalue weighted by atomic mass is 10.0. The molecule has 0 saturated carbocycles. The van der Waals surface area contributed by atoms with Crippen LogP contribution in [0, 0.1) is 5.92 Å². The summed E-state index contributed by atoms with van der Waals surface area (Å²) in [6.45, 7) is 0.261. The van der Waals surface area contributed by atoms with Gasteiger partial charge >= 0.3 is 0 Å². The highest BCUT2D eigenvalue weighted by molar-refractivity contribution is 4.97. The van der Waals surface area contributed by atoms with E-state index in [0.29, 0.717) is 5.92 Å². The molecule has 0 heterocycles. The van der Waals surface area contributed by atoms with E-state index < -0.39 is 0 Å². The number of aliphatic hydroxyl groups excluding tert-OH is 1. The van der Waals surface area contributed by atoms with Crippen LogP contribution in [-0.2, 0) is 0 Å². The smallest absolute Gasteiger partial charge is 0.0496 e. The van der Waals surface area contributed by atoms with E-state index in [-0.39, 0.29) is 6.61 Å². The van der Waals surface area contributed by atoms with E-state index in [1.165, 1.54) is 0 Å². The molecular formula is C13H20O. The summed E-state index contributed by atoms with van der Waals surface area (Å²) in [6.07, 6.45) is 18.7. The third-order valence-electron chi connectivity index (χ3n) is 2.41. The quantitative estimate of drug-likeness (QED) is 0.632. The first-order valence-electron chi connectivity index (χ1n) is 5.51. The molecule has 0 aromatic heterocycles. The molecule has 0 bridgehead atoms. The summed E-state index contributed by atoms with van der Waals surface area (Å²) in [7, 11) is 0. The standard InChI is InChI=1S/C13H20O/c14-12-13-10-8-6-4-2-1-3-5-7-9-11-13/h1-2,7-10,13-14H,3-6,11-12H2. The van der Waals surface area contributed by atoms with Gasteiger partial charge in [-0.3, -0.25) is 0 Å². The van der Waals surface area contributed by atoms with Crippen molar-refractivity contribution in [3.63, 3.8) is 0 Å². The summed E-state index contributed by atoms with van der Waals surface area (Å²) >= 11 is 0. The lowest BCUT2D eigenvalue weighted by Gasteiger charge is -2.05. The van der Waals surface area contributed by atoms with Gasteiger partial charge in [0, 0.05) is 12.5 Å². The molecule has 0 aromatic carbocycles. The Morgan fingerprint density at radius 1 is 0.857 bits per heavy atom. The van der Waals surface area contributed by atoms with Crippen molar-refractivity contribution in [2.45, 2.75) is 32.1 Å². The van der Waals surface area contributed by atoms with Gasteiger partial charge in [0.1, 0.15) is 0 Å².